The summed E-state index contributed by atoms with van der Waals surface area (Å²) in [7, 11) is 0. The highest BCUT2D eigenvalue weighted by Gasteiger charge is 2.22. The van der Waals surface area contributed by atoms with Gasteiger partial charge in [-0.2, -0.15) is 0 Å². The molecule has 0 radical (unpaired) electrons. The molecular formula is C21H24N4O. The molecule has 0 saturated carbocycles. The number of para-hydroxylation sites is 2. The van der Waals surface area contributed by atoms with E-state index in [0.717, 1.165) is 43.4 Å². The van der Waals surface area contributed by atoms with Crippen molar-refractivity contribution in [1.29, 1.82) is 0 Å². The third-order valence-corrected chi connectivity index (χ3v) is 5.13. The Kier molecular flexibility index (Phi) is 4.86. The molecule has 3 aromatic rings. The summed E-state index contributed by atoms with van der Waals surface area (Å²) in [6, 6.07) is 18.5. The van der Waals surface area contributed by atoms with E-state index in [1.165, 1.54) is 5.56 Å². The van der Waals surface area contributed by atoms with Crippen LogP contribution in [0.25, 0.3) is 11.0 Å². The van der Waals surface area contributed by atoms with E-state index in [4.69, 9.17) is 0 Å². The van der Waals surface area contributed by atoms with Crippen molar-refractivity contribution in [2.24, 2.45) is 5.92 Å². The fourth-order valence-corrected chi connectivity index (χ4v) is 3.64. The summed E-state index contributed by atoms with van der Waals surface area (Å²) in [5.41, 5.74) is 3.28. The van der Waals surface area contributed by atoms with E-state index in [9.17, 15) is 4.79 Å². The molecule has 2 heterocycles. The Balaban J connectivity index is 1.25. The van der Waals surface area contributed by atoms with Crippen molar-refractivity contribution in [3.63, 3.8) is 0 Å². The second kappa shape index (κ2) is 7.60. The lowest BCUT2D eigenvalue weighted by Gasteiger charge is -2.32. The molecule has 1 amide bonds. The maximum Gasteiger partial charge on any atom is 0.241 e. The molecule has 0 atom stereocenters. The van der Waals surface area contributed by atoms with Crippen molar-refractivity contribution in [3.05, 3.63) is 60.2 Å². The summed E-state index contributed by atoms with van der Waals surface area (Å²) in [5, 5.41) is 3.12. The third-order valence-electron chi connectivity index (χ3n) is 5.13. The minimum absolute atomic E-state index is 0.142. The predicted molar refractivity (Wildman–Crippen MR) is 104 cm³/mol. The van der Waals surface area contributed by atoms with Gasteiger partial charge in [-0.25, -0.2) is 4.98 Å². The predicted octanol–water partition coefficient (Wildman–Crippen LogP) is 3.46. The van der Waals surface area contributed by atoms with Gasteiger partial charge in [0.2, 0.25) is 11.9 Å². The fraction of sp³-hybridized carbons (Fsp3) is 0.333. The average molecular weight is 348 g/mol. The van der Waals surface area contributed by atoms with Crippen LogP contribution in [-0.2, 0) is 11.2 Å². The van der Waals surface area contributed by atoms with Gasteiger partial charge in [0.05, 0.1) is 17.6 Å². The molecule has 2 aromatic carbocycles. The van der Waals surface area contributed by atoms with Gasteiger partial charge in [0, 0.05) is 13.1 Å². The zero-order chi connectivity index (χ0) is 17.8. The number of piperidine rings is 1. The number of rotatable bonds is 5. The van der Waals surface area contributed by atoms with Crippen molar-refractivity contribution < 1.29 is 4.79 Å². The lowest BCUT2D eigenvalue weighted by Crippen LogP contribution is -2.41. The number of benzene rings is 2. The van der Waals surface area contributed by atoms with E-state index in [1.807, 2.05) is 29.2 Å². The number of nitrogens with one attached hydrogen (secondary N) is 2. The molecule has 0 bridgehead atoms. The van der Waals surface area contributed by atoms with E-state index in [1.54, 1.807) is 0 Å². The van der Waals surface area contributed by atoms with Crippen LogP contribution in [0.3, 0.4) is 0 Å². The number of carbonyl (C=O) groups is 1. The van der Waals surface area contributed by atoms with Crippen molar-refractivity contribution >= 4 is 22.9 Å². The van der Waals surface area contributed by atoms with Gasteiger partial charge in [-0.15, -0.1) is 0 Å². The van der Waals surface area contributed by atoms with E-state index < -0.39 is 0 Å². The zero-order valence-corrected chi connectivity index (χ0v) is 14.8. The normalized spacial score (nSPS) is 15.3. The summed E-state index contributed by atoms with van der Waals surface area (Å²) in [6.45, 7) is 1.97. The van der Waals surface area contributed by atoms with Gasteiger partial charge in [-0.05, 0) is 42.9 Å². The van der Waals surface area contributed by atoms with E-state index in [2.05, 4.69) is 45.6 Å². The standard InChI is InChI=1S/C21H24N4O/c26-20(15-22-21-23-18-8-4-5-9-19(18)24-21)25-12-10-17(11-13-25)14-16-6-2-1-3-7-16/h1-9,17H,10-15H2,(H2,22,23,24). The highest BCUT2D eigenvalue weighted by molar-refractivity contribution is 5.82. The summed E-state index contributed by atoms with van der Waals surface area (Å²) >= 11 is 0. The van der Waals surface area contributed by atoms with Crippen LogP contribution in [-0.4, -0.2) is 40.4 Å². The molecule has 5 nitrogen and oxygen atoms in total. The Morgan fingerprint density at radius 2 is 1.81 bits per heavy atom. The maximum absolute atomic E-state index is 12.5. The molecular weight excluding hydrogens is 324 g/mol. The lowest BCUT2D eigenvalue weighted by molar-refractivity contribution is -0.130. The summed E-state index contributed by atoms with van der Waals surface area (Å²) in [5.74, 6) is 1.46. The molecule has 4 rings (SSSR count). The number of hydrogen-bond acceptors (Lipinski definition) is 3. The van der Waals surface area contributed by atoms with Crippen LogP contribution in [0.1, 0.15) is 18.4 Å². The smallest absolute Gasteiger partial charge is 0.241 e. The first-order chi connectivity index (χ1) is 12.8. The molecule has 26 heavy (non-hydrogen) atoms. The number of fused-ring (bicyclic) bond motifs is 1. The summed E-state index contributed by atoms with van der Waals surface area (Å²) in [4.78, 5) is 22.1. The second-order valence-corrected chi connectivity index (χ2v) is 6.97. The Morgan fingerprint density at radius 1 is 1.08 bits per heavy atom. The van der Waals surface area contributed by atoms with E-state index >= 15 is 0 Å². The number of anilines is 1. The van der Waals surface area contributed by atoms with Crippen LogP contribution >= 0.6 is 0 Å². The number of H-pyrrole nitrogens is 1. The largest absolute Gasteiger partial charge is 0.347 e. The number of imidazole rings is 1. The van der Waals surface area contributed by atoms with Crippen LogP contribution in [0.5, 0.6) is 0 Å². The van der Waals surface area contributed by atoms with E-state index in [0.29, 0.717) is 11.9 Å². The number of aromatic nitrogens is 2. The number of carbonyl (C=O) groups excluding carboxylic acids is 1. The number of nitrogens with zero attached hydrogens (tertiary/aromatic N) is 2. The van der Waals surface area contributed by atoms with Crippen LogP contribution in [0.2, 0.25) is 0 Å². The first kappa shape index (κ1) is 16.6. The first-order valence-electron chi connectivity index (χ1n) is 9.28. The molecule has 1 fully saturated rings. The van der Waals surface area contributed by atoms with Crippen molar-refractivity contribution in [2.75, 3.05) is 25.0 Å². The van der Waals surface area contributed by atoms with Crippen LogP contribution in [0.15, 0.2) is 54.6 Å². The van der Waals surface area contributed by atoms with Crippen molar-refractivity contribution in [2.45, 2.75) is 19.3 Å². The van der Waals surface area contributed by atoms with Gasteiger partial charge >= 0.3 is 0 Å². The molecule has 1 saturated heterocycles. The van der Waals surface area contributed by atoms with Crippen LogP contribution in [0.4, 0.5) is 5.95 Å². The SMILES string of the molecule is O=C(CNc1nc2ccccc2[nH]1)N1CCC(Cc2ccccc2)CC1. The van der Waals surface area contributed by atoms with Gasteiger partial charge in [0.25, 0.3) is 0 Å². The molecule has 0 spiro atoms. The maximum atomic E-state index is 12.5. The second-order valence-electron chi connectivity index (χ2n) is 6.97. The molecule has 1 aromatic heterocycles. The van der Waals surface area contributed by atoms with Gasteiger partial charge < -0.3 is 15.2 Å². The van der Waals surface area contributed by atoms with Gasteiger partial charge in [-0.3, -0.25) is 4.79 Å². The summed E-state index contributed by atoms with van der Waals surface area (Å²) < 4.78 is 0. The molecule has 134 valence electrons. The number of hydrogen-bond donors (Lipinski definition) is 2. The highest BCUT2D eigenvalue weighted by Crippen LogP contribution is 2.22. The minimum Gasteiger partial charge on any atom is -0.347 e. The number of aromatic amines is 1. The van der Waals surface area contributed by atoms with Gasteiger partial charge in [-0.1, -0.05) is 42.5 Å². The lowest BCUT2D eigenvalue weighted by atomic mass is 9.90. The molecule has 1 aliphatic heterocycles. The monoisotopic (exact) mass is 348 g/mol. The Morgan fingerprint density at radius 3 is 2.58 bits per heavy atom. The quantitative estimate of drug-likeness (QED) is 0.742. The van der Waals surface area contributed by atoms with E-state index in [-0.39, 0.29) is 12.5 Å². The van der Waals surface area contributed by atoms with Gasteiger partial charge in [0.15, 0.2) is 0 Å². The van der Waals surface area contributed by atoms with Crippen molar-refractivity contribution in [1.82, 2.24) is 14.9 Å². The minimum atomic E-state index is 0.142. The molecule has 5 heteroatoms. The summed E-state index contributed by atoms with van der Waals surface area (Å²) in [6.07, 6.45) is 3.26. The van der Waals surface area contributed by atoms with Crippen molar-refractivity contribution in [3.8, 4) is 0 Å². The third kappa shape index (κ3) is 3.87. The Bertz CT molecular complexity index is 833. The Labute approximate surface area is 153 Å². The zero-order valence-electron chi connectivity index (χ0n) is 14.8. The van der Waals surface area contributed by atoms with Gasteiger partial charge in [0.1, 0.15) is 0 Å². The molecule has 0 aliphatic carbocycles. The number of likely N-dealkylation sites (tertiary alicyclic amines) is 1. The van der Waals surface area contributed by atoms with Crippen LogP contribution in [0, 0.1) is 5.92 Å². The fourth-order valence-electron chi connectivity index (χ4n) is 3.64. The Hall–Kier alpha value is -2.82. The number of amides is 1. The molecule has 0 unspecified atom stereocenters. The molecule has 1 aliphatic rings. The molecule has 2 N–H and O–H groups in total. The first-order valence-corrected chi connectivity index (χ1v) is 9.28. The van der Waals surface area contributed by atoms with Crippen LogP contribution < -0.4 is 5.32 Å². The topological polar surface area (TPSA) is 61.0 Å². The average Bonchev–Trinajstić information content (AvgIpc) is 3.10. The highest BCUT2D eigenvalue weighted by atomic mass is 16.2.